The highest BCUT2D eigenvalue weighted by Crippen LogP contribution is 2.31. The maximum absolute atomic E-state index is 11.8. The number of benzene rings is 1. The first-order valence-corrected chi connectivity index (χ1v) is 5.87. The predicted molar refractivity (Wildman–Crippen MR) is 69.8 cm³/mol. The molecule has 0 aliphatic rings. The van der Waals surface area contributed by atoms with E-state index in [-0.39, 0.29) is 6.61 Å². The minimum Gasteiger partial charge on any atom is -0.466 e. The molecule has 96 valence electrons. The Morgan fingerprint density at radius 3 is 2.67 bits per heavy atom. The fourth-order valence-electron chi connectivity index (χ4n) is 1.77. The van der Waals surface area contributed by atoms with Crippen LogP contribution < -0.4 is 0 Å². The molecule has 3 nitrogen and oxygen atoms in total. The largest absolute Gasteiger partial charge is 0.466 e. The number of rotatable bonds is 5. The Kier molecular flexibility index (Phi) is 4.90. The Balaban J connectivity index is 3.16. The van der Waals surface area contributed by atoms with Crippen LogP contribution in [0.15, 0.2) is 48.7 Å². The van der Waals surface area contributed by atoms with Crippen molar-refractivity contribution in [1.29, 1.82) is 0 Å². The SMILES string of the molecule is C=C=CC(O)(c1ccccc1)C(C)C(=O)OCC. The molecule has 0 spiro atoms. The van der Waals surface area contributed by atoms with E-state index < -0.39 is 17.5 Å². The molecule has 0 aliphatic heterocycles. The van der Waals surface area contributed by atoms with Gasteiger partial charge in [-0.2, -0.15) is 0 Å². The summed E-state index contributed by atoms with van der Waals surface area (Å²) in [4.78, 5) is 11.8. The maximum Gasteiger partial charge on any atom is 0.312 e. The molecule has 0 radical (unpaired) electrons. The molecular weight excluding hydrogens is 228 g/mol. The zero-order chi connectivity index (χ0) is 13.6. The number of hydrogen-bond acceptors (Lipinski definition) is 3. The van der Waals surface area contributed by atoms with Crippen LogP contribution in [-0.4, -0.2) is 17.7 Å². The van der Waals surface area contributed by atoms with Gasteiger partial charge in [-0.1, -0.05) is 36.9 Å². The van der Waals surface area contributed by atoms with Crippen LogP contribution in [0.1, 0.15) is 19.4 Å². The van der Waals surface area contributed by atoms with E-state index in [0.29, 0.717) is 5.56 Å². The van der Waals surface area contributed by atoms with Gasteiger partial charge in [0.2, 0.25) is 0 Å². The molecule has 0 fully saturated rings. The van der Waals surface area contributed by atoms with Gasteiger partial charge in [0.15, 0.2) is 0 Å². The summed E-state index contributed by atoms with van der Waals surface area (Å²) >= 11 is 0. The first-order valence-electron chi connectivity index (χ1n) is 5.87. The summed E-state index contributed by atoms with van der Waals surface area (Å²) in [6, 6.07) is 8.95. The lowest BCUT2D eigenvalue weighted by atomic mass is 9.82. The number of ether oxygens (including phenoxy) is 1. The van der Waals surface area contributed by atoms with Crippen LogP contribution in [0.4, 0.5) is 0 Å². The average molecular weight is 246 g/mol. The van der Waals surface area contributed by atoms with Crippen LogP contribution >= 0.6 is 0 Å². The predicted octanol–water partition coefficient (Wildman–Crippen LogP) is 2.41. The average Bonchev–Trinajstić information content (AvgIpc) is 2.39. The molecule has 0 aliphatic carbocycles. The van der Waals surface area contributed by atoms with E-state index in [1.54, 1.807) is 38.1 Å². The summed E-state index contributed by atoms with van der Waals surface area (Å²) in [6.45, 7) is 7.11. The molecule has 1 aromatic rings. The third-order valence-electron chi connectivity index (χ3n) is 2.86. The van der Waals surface area contributed by atoms with Gasteiger partial charge in [-0.3, -0.25) is 4.79 Å². The highest BCUT2D eigenvalue weighted by atomic mass is 16.5. The molecule has 2 atom stereocenters. The van der Waals surface area contributed by atoms with E-state index >= 15 is 0 Å². The zero-order valence-electron chi connectivity index (χ0n) is 10.7. The third kappa shape index (κ3) is 2.89. The van der Waals surface area contributed by atoms with E-state index in [9.17, 15) is 9.90 Å². The van der Waals surface area contributed by atoms with Crippen LogP contribution in [-0.2, 0) is 15.1 Å². The summed E-state index contributed by atoms with van der Waals surface area (Å²) in [7, 11) is 0. The van der Waals surface area contributed by atoms with Crippen molar-refractivity contribution in [3.8, 4) is 0 Å². The van der Waals surface area contributed by atoms with Crippen molar-refractivity contribution in [3.05, 3.63) is 54.3 Å². The van der Waals surface area contributed by atoms with Crippen molar-refractivity contribution >= 4 is 5.97 Å². The molecule has 0 heterocycles. The smallest absolute Gasteiger partial charge is 0.312 e. The van der Waals surface area contributed by atoms with Gasteiger partial charge >= 0.3 is 5.97 Å². The van der Waals surface area contributed by atoms with Crippen LogP contribution in [0.3, 0.4) is 0 Å². The molecule has 0 saturated carbocycles. The van der Waals surface area contributed by atoms with E-state index in [2.05, 4.69) is 12.3 Å². The third-order valence-corrected chi connectivity index (χ3v) is 2.86. The second-order valence-electron chi connectivity index (χ2n) is 4.01. The molecule has 2 unspecified atom stereocenters. The van der Waals surface area contributed by atoms with E-state index in [4.69, 9.17) is 4.74 Å². The normalized spacial score (nSPS) is 15.1. The summed E-state index contributed by atoms with van der Waals surface area (Å²) < 4.78 is 4.95. The lowest BCUT2D eigenvalue weighted by molar-refractivity contribution is -0.154. The first-order chi connectivity index (χ1) is 8.56. The fraction of sp³-hybridized carbons (Fsp3) is 0.333. The number of esters is 1. The van der Waals surface area contributed by atoms with Gasteiger partial charge in [0.05, 0.1) is 12.5 Å². The maximum atomic E-state index is 11.8. The Morgan fingerprint density at radius 1 is 1.56 bits per heavy atom. The van der Waals surface area contributed by atoms with Gasteiger partial charge in [-0.25, -0.2) is 0 Å². The molecule has 0 bridgehead atoms. The Labute approximate surface area is 107 Å². The van der Waals surface area contributed by atoms with Crippen molar-refractivity contribution in [2.45, 2.75) is 19.4 Å². The monoisotopic (exact) mass is 246 g/mol. The Bertz CT molecular complexity index is 446. The number of carbonyl (C=O) groups excluding carboxylic acids is 1. The van der Waals surface area contributed by atoms with Crippen LogP contribution in [0.25, 0.3) is 0 Å². The molecule has 3 heteroatoms. The quantitative estimate of drug-likeness (QED) is 0.641. The fourth-order valence-corrected chi connectivity index (χ4v) is 1.77. The van der Waals surface area contributed by atoms with Crippen molar-refractivity contribution in [2.75, 3.05) is 6.61 Å². The molecule has 0 amide bonds. The molecule has 0 aromatic heterocycles. The van der Waals surface area contributed by atoms with E-state index in [1.807, 2.05) is 6.07 Å². The number of carbonyl (C=O) groups is 1. The highest BCUT2D eigenvalue weighted by Gasteiger charge is 2.38. The second kappa shape index (κ2) is 6.20. The molecular formula is C15H18O3. The van der Waals surface area contributed by atoms with Crippen molar-refractivity contribution < 1.29 is 14.6 Å². The summed E-state index contributed by atoms with van der Waals surface area (Å²) in [6.07, 6.45) is 1.39. The Hall–Kier alpha value is -1.83. The molecule has 0 saturated heterocycles. The van der Waals surface area contributed by atoms with Gasteiger partial charge in [0.25, 0.3) is 0 Å². The topological polar surface area (TPSA) is 46.5 Å². The van der Waals surface area contributed by atoms with E-state index in [1.165, 1.54) is 6.08 Å². The summed E-state index contributed by atoms with van der Waals surface area (Å²) in [5.41, 5.74) is 1.72. The van der Waals surface area contributed by atoms with Crippen molar-refractivity contribution in [1.82, 2.24) is 0 Å². The number of hydrogen-bond donors (Lipinski definition) is 1. The van der Waals surface area contributed by atoms with Gasteiger partial charge in [0.1, 0.15) is 5.60 Å². The molecule has 1 aromatic carbocycles. The summed E-state index contributed by atoms with van der Waals surface area (Å²) in [5, 5.41) is 10.7. The minimum absolute atomic E-state index is 0.284. The van der Waals surface area contributed by atoms with Crippen molar-refractivity contribution in [2.24, 2.45) is 5.92 Å². The first kappa shape index (κ1) is 14.2. The van der Waals surface area contributed by atoms with Gasteiger partial charge in [-0.05, 0) is 25.5 Å². The lowest BCUT2D eigenvalue weighted by Gasteiger charge is -2.29. The van der Waals surface area contributed by atoms with Gasteiger partial charge in [0, 0.05) is 0 Å². The lowest BCUT2D eigenvalue weighted by Crippen LogP contribution is -2.37. The number of aliphatic hydroxyl groups is 1. The van der Waals surface area contributed by atoms with Gasteiger partial charge < -0.3 is 9.84 Å². The van der Waals surface area contributed by atoms with Gasteiger partial charge in [-0.15, -0.1) is 5.73 Å². The Morgan fingerprint density at radius 2 is 2.17 bits per heavy atom. The minimum atomic E-state index is -1.45. The molecule has 1 rings (SSSR count). The second-order valence-corrected chi connectivity index (χ2v) is 4.01. The van der Waals surface area contributed by atoms with Crippen molar-refractivity contribution in [3.63, 3.8) is 0 Å². The highest BCUT2D eigenvalue weighted by molar-refractivity contribution is 5.74. The zero-order valence-corrected chi connectivity index (χ0v) is 10.7. The molecule has 18 heavy (non-hydrogen) atoms. The van der Waals surface area contributed by atoms with Crippen LogP contribution in [0, 0.1) is 5.92 Å². The molecule has 1 N–H and O–H groups in total. The van der Waals surface area contributed by atoms with Crippen LogP contribution in [0.2, 0.25) is 0 Å². The van der Waals surface area contributed by atoms with E-state index in [0.717, 1.165) is 0 Å². The summed E-state index contributed by atoms with van der Waals surface area (Å²) in [5.74, 6) is -1.18. The van der Waals surface area contributed by atoms with Crippen LogP contribution in [0.5, 0.6) is 0 Å². The standard InChI is InChI=1S/C15H18O3/c1-4-11-15(17,12(3)14(16)18-5-2)13-9-7-6-8-10-13/h6-12,17H,1,5H2,2-3H3.